The quantitative estimate of drug-likeness (QED) is 0.755. The van der Waals surface area contributed by atoms with Crippen LogP contribution < -0.4 is 4.74 Å². The molecule has 0 bridgehead atoms. The van der Waals surface area contributed by atoms with Gasteiger partial charge in [-0.15, -0.1) is 0 Å². The van der Waals surface area contributed by atoms with E-state index < -0.39 is 6.10 Å². The lowest BCUT2D eigenvalue weighted by Crippen LogP contribution is -2.36. The van der Waals surface area contributed by atoms with Gasteiger partial charge in [0.25, 0.3) is 0 Å². The third kappa shape index (κ3) is 2.39. The number of aliphatic hydroxyl groups excluding tert-OH is 1. The van der Waals surface area contributed by atoms with Gasteiger partial charge in [-0.3, -0.25) is 0 Å². The van der Waals surface area contributed by atoms with Gasteiger partial charge >= 0.3 is 0 Å². The van der Waals surface area contributed by atoms with E-state index in [1.165, 1.54) is 11.1 Å². The van der Waals surface area contributed by atoms with Crippen LogP contribution >= 0.6 is 0 Å². The summed E-state index contributed by atoms with van der Waals surface area (Å²) in [6.07, 6.45) is 0.220. The second-order valence-corrected chi connectivity index (χ2v) is 7.06. The van der Waals surface area contributed by atoms with Crippen molar-refractivity contribution in [1.82, 2.24) is 0 Å². The molecular formula is C16H24O2. The van der Waals surface area contributed by atoms with Crippen molar-refractivity contribution in [2.45, 2.75) is 65.1 Å². The zero-order valence-corrected chi connectivity index (χ0v) is 12.3. The number of benzene rings is 1. The van der Waals surface area contributed by atoms with Crippen LogP contribution in [0.25, 0.3) is 0 Å². The summed E-state index contributed by atoms with van der Waals surface area (Å²) in [4.78, 5) is 0. The van der Waals surface area contributed by atoms with Crippen molar-refractivity contribution in [2.24, 2.45) is 0 Å². The van der Waals surface area contributed by atoms with Crippen molar-refractivity contribution >= 4 is 0 Å². The van der Waals surface area contributed by atoms with Crippen LogP contribution in [0.4, 0.5) is 0 Å². The average Bonchev–Trinajstić information content (AvgIpc) is 2.15. The first kappa shape index (κ1) is 13.4. The molecule has 0 aromatic heterocycles. The van der Waals surface area contributed by atoms with Gasteiger partial charge in [0.05, 0.1) is 6.10 Å². The zero-order chi connectivity index (χ0) is 13.7. The Balaban J connectivity index is 2.65. The fraction of sp³-hybridized carbons (Fsp3) is 0.625. The average molecular weight is 248 g/mol. The standard InChI is InChI=1S/C16H24O2/c1-10-7-11-13(17)9-16(5,6)18-14(11)12(8-10)15(2,3)4/h7-8,13,17H,9H2,1-6H3. The van der Waals surface area contributed by atoms with Gasteiger partial charge in [-0.1, -0.05) is 32.4 Å². The molecule has 0 fully saturated rings. The van der Waals surface area contributed by atoms with Crippen LogP contribution in [-0.2, 0) is 5.41 Å². The third-order valence-electron chi connectivity index (χ3n) is 3.49. The predicted octanol–water partition coefficient (Wildman–Crippen LogP) is 3.89. The first-order valence-electron chi connectivity index (χ1n) is 6.62. The van der Waals surface area contributed by atoms with E-state index in [0.29, 0.717) is 6.42 Å². The van der Waals surface area contributed by atoms with Crippen LogP contribution in [0.5, 0.6) is 5.75 Å². The molecule has 0 radical (unpaired) electrons. The minimum Gasteiger partial charge on any atom is -0.487 e. The van der Waals surface area contributed by atoms with E-state index in [-0.39, 0.29) is 11.0 Å². The molecule has 100 valence electrons. The Labute approximate surface area is 110 Å². The Kier molecular flexibility index (Phi) is 2.97. The Morgan fingerprint density at radius 1 is 1.28 bits per heavy atom. The molecule has 0 amide bonds. The van der Waals surface area contributed by atoms with Crippen LogP contribution in [0.3, 0.4) is 0 Å². The summed E-state index contributed by atoms with van der Waals surface area (Å²) in [6, 6.07) is 4.22. The number of hydrogen-bond acceptors (Lipinski definition) is 2. The van der Waals surface area contributed by atoms with Gasteiger partial charge in [0, 0.05) is 17.5 Å². The Bertz CT molecular complexity index is 467. The van der Waals surface area contributed by atoms with Crippen LogP contribution in [0.1, 0.15) is 63.8 Å². The second kappa shape index (κ2) is 3.99. The molecule has 2 rings (SSSR count). The molecule has 1 atom stereocenters. The lowest BCUT2D eigenvalue weighted by atomic mass is 9.81. The minimum absolute atomic E-state index is 0.0171. The van der Waals surface area contributed by atoms with Crippen molar-refractivity contribution in [3.63, 3.8) is 0 Å². The van der Waals surface area contributed by atoms with E-state index in [2.05, 4.69) is 33.8 Å². The topological polar surface area (TPSA) is 29.5 Å². The van der Waals surface area contributed by atoms with Crippen molar-refractivity contribution in [1.29, 1.82) is 0 Å². The summed E-state index contributed by atoms with van der Waals surface area (Å²) in [5.41, 5.74) is 3.02. The largest absolute Gasteiger partial charge is 0.487 e. The Morgan fingerprint density at radius 2 is 1.89 bits per heavy atom. The summed E-state index contributed by atoms with van der Waals surface area (Å²) in [7, 11) is 0. The molecule has 1 aromatic carbocycles. The number of fused-ring (bicyclic) bond motifs is 1. The molecule has 1 aromatic rings. The van der Waals surface area contributed by atoms with Crippen molar-refractivity contribution in [3.8, 4) is 5.75 Å². The molecule has 1 heterocycles. The number of aryl methyl sites for hydroxylation is 1. The van der Waals surface area contributed by atoms with Gasteiger partial charge in [0.1, 0.15) is 11.4 Å². The maximum absolute atomic E-state index is 10.3. The third-order valence-corrected chi connectivity index (χ3v) is 3.49. The summed E-state index contributed by atoms with van der Waals surface area (Å²) >= 11 is 0. The first-order valence-corrected chi connectivity index (χ1v) is 6.62. The molecule has 18 heavy (non-hydrogen) atoms. The monoisotopic (exact) mass is 248 g/mol. The van der Waals surface area contributed by atoms with Gasteiger partial charge in [0.15, 0.2) is 0 Å². The highest BCUT2D eigenvalue weighted by molar-refractivity contribution is 5.50. The highest BCUT2D eigenvalue weighted by atomic mass is 16.5. The van der Waals surface area contributed by atoms with Gasteiger partial charge in [0.2, 0.25) is 0 Å². The molecule has 0 saturated carbocycles. The highest BCUT2D eigenvalue weighted by Gasteiger charge is 2.36. The fourth-order valence-corrected chi connectivity index (χ4v) is 2.61. The van der Waals surface area contributed by atoms with E-state index in [1.807, 2.05) is 19.9 Å². The number of rotatable bonds is 0. The van der Waals surface area contributed by atoms with Crippen LogP contribution in [0.2, 0.25) is 0 Å². The molecule has 0 saturated heterocycles. The molecule has 1 unspecified atom stereocenters. The van der Waals surface area contributed by atoms with Gasteiger partial charge in [-0.2, -0.15) is 0 Å². The van der Waals surface area contributed by atoms with Gasteiger partial charge in [-0.25, -0.2) is 0 Å². The van der Waals surface area contributed by atoms with E-state index in [9.17, 15) is 5.11 Å². The normalized spacial score (nSPS) is 22.3. The molecule has 2 nitrogen and oxygen atoms in total. The molecule has 0 aliphatic carbocycles. The lowest BCUT2D eigenvalue weighted by Gasteiger charge is -2.39. The SMILES string of the molecule is Cc1cc2c(c(C(C)(C)C)c1)OC(C)(C)CC2O. The number of ether oxygens (including phenoxy) is 1. The minimum atomic E-state index is -0.426. The molecular weight excluding hydrogens is 224 g/mol. The highest BCUT2D eigenvalue weighted by Crippen LogP contribution is 2.45. The molecule has 2 heteroatoms. The van der Waals surface area contributed by atoms with Crippen LogP contribution in [0, 0.1) is 6.92 Å². The summed E-state index contributed by atoms with van der Waals surface area (Å²) in [5.74, 6) is 0.886. The first-order chi connectivity index (χ1) is 8.10. The predicted molar refractivity (Wildman–Crippen MR) is 74.2 cm³/mol. The number of aliphatic hydroxyl groups is 1. The summed E-state index contributed by atoms with van der Waals surface area (Å²) in [5, 5.41) is 10.3. The lowest BCUT2D eigenvalue weighted by molar-refractivity contribution is 0.00989. The molecule has 1 N–H and O–H groups in total. The summed E-state index contributed by atoms with van der Waals surface area (Å²) in [6.45, 7) is 12.7. The van der Waals surface area contributed by atoms with Crippen LogP contribution in [-0.4, -0.2) is 10.7 Å². The van der Waals surface area contributed by atoms with E-state index >= 15 is 0 Å². The molecule has 1 aliphatic rings. The summed E-state index contributed by atoms with van der Waals surface area (Å²) < 4.78 is 6.14. The Morgan fingerprint density at radius 3 is 2.44 bits per heavy atom. The smallest absolute Gasteiger partial charge is 0.129 e. The van der Waals surface area contributed by atoms with E-state index in [1.54, 1.807) is 0 Å². The molecule has 1 aliphatic heterocycles. The zero-order valence-electron chi connectivity index (χ0n) is 12.3. The molecule has 0 spiro atoms. The van der Waals surface area contributed by atoms with Gasteiger partial charge in [-0.05, 0) is 32.3 Å². The van der Waals surface area contributed by atoms with Crippen molar-refractivity contribution in [3.05, 3.63) is 28.8 Å². The van der Waals surface area contributed by atoms with Crippen molar-refractivity contribution < 1.29 is 9.84 Å². The van der Waals surface area contributed by atoms with Gasteiger partial charge < -0.3 is 9.84 Å². The maximum atomic E-state index is 10.3. The second-order valence-electron chi connectivity index (χ2n) is 7.06. The van der Waals surface area contributed by atoms with Crippen molar-refractivity contribution in [2.75, 3.05) is 0 Å². The fourth-order valence-electron chi connectivity index (χ4n) is 2.61. The van der Waals surface area contributed by atoms with Crippen LogP contribution in [0.15, 0.2) is 12.1 Å². The number of hydrogen-bond donors (Lipinski definition) is 1. The van der Waals surface area contributed by atoms with E-state index in [4.69, 9.17) is 4.74 Å². The Hall–Kier alpha value is -1.02. The maximum Gasteiger partial charge on any atom is 0.129 e. The van der Waals surface area contributed by atoms with E-state index in [0.717, 1.165) is 11.3 Å².